The molecule has 0 spiro atoms. The van der Waals surface area contributed by atoms with Crippen LogP contribution in [0, 0.1) is 5.92 Å². The maximum atomic E-state index is 13.1. The Balaban J connectivity index is 1.97. The SMILES string of the molecule is CCOC(=O)C1C=C(OC(C)=O)c2cc3c(cc2C1c1cc(OC)c(OC)c(OC)c1)OCO3. The van der Waals surface area contributed by atoms with Gasteiger partial charge in [-0.05, 0) is 48.4 Å². The number of carbonyl (C=O) groups is 2. The average molecular weight is 470 g/mol. The summed E-state index contributed by atoms with van der Waals surface area (Å²) < 4.78 is 38.6. The quantitative estimate of drug-likeness (QED) is 0.561. The molecule has 2 aliphatic rings. The molecule has 0 amide bonds. The van der Waals surface area contributed by atoms with Crippen LogP contribution in [0.25, 0.3) is 5.76 Å². The number of benzene rings is 2. The van der Waals surface area contributed by atoms with Crippen LogP contribution in [-0.4, -0.2) is 46.7 Å². The number of rotatable bonds is 7. The topological polar surface area (TPSA) is 98.8 Å². The number of carbonyl (C=O) groups excluding carboxylic acids is 2. The molecular formula is C25H26O9. The highest BCUT2D eigenvalue weighted by atomic mass is 16.7. The third kappa shape index (κ3) is 4.09. The molecule has 2 unspecified atom stereocenters. The largest absolute Gasteiger partial charge is 0.493 e. The predicted molar refractivity (Wildman–Crippen MR) is 120 cm³/mol. The normalized spacial score (nSPS) is 17.9. The molecule has 2 aromatic rings. The van der Waals surface area contributed by atoms with E-state index in [0.717, 1.165) is 0 Å². The average Bonchev–Trinajstić information content (AvgIpc) is 3.29. The van der Waals surface area contributed by atoms with Crippen molar-refractivity contribution in [2.75, 3.05) is 34.7 Å². The van der Waals surface area contributed by atoms with Gasteiger partial charge in [-0.2, -0.15) is 0 Å². The van der Waals surface area contributed by atoms with E-state index in [1.807, 2.05) is 0 Å². The molecule has 1 aliphatic heterocycles. The molecule has 0 radical (unpaired) electrons. The molecule has 0 saturated heterocycles. The third-order valence-electron chi connectivity index (χ3n) is 5.69. The summed E-state index contributed by atoms with van der Waals surface area (Å²) in [5.41, 5.74) is 2.03. The van der Waals surface area contributed by atoms with E-state index in [1.54, 1.807) is 37.3 Å². The highest BCUT2D eigenvalue weighted by molar-refractivity contribution is 5.86. The Morgan fingerprint density at radius 2 is 1.62 bits per heavy atom. The number of methoxy groups -OCH3 is 3. The first-order valence-corrected chi connectivity index (χ1v) is 10.7. The zero-order valence-corrected chi connectivity index (χ0v) is 19.6. The summed E-state index contributed by atoms with van der Waals surface area (Å²) in [6.45, 7) is 3.30. The molecule has 0 fully saturated rings. The van der Waals surface area contributed by atoms with Gasteiger partial charge in [0.2, 0.25) is 12.5 Å². The fourth-order valence-corrected chi connectivity index (χ4v) is 4.33. The Labute approximate surface area is 197 Å². The lowest BCUT2D eigenvalue weighted by molar-refractivity contribution is -0.147. The Morgan fingerprint density at radius 1 is 0.971 bits per heavy atom. The maximum absolute atomic E-state index is 13.1. The van der Waals surface area contributed by atoms with Crippen LogP contribution in [-0.2, 0) is 19.1 Å². The van der Waals surface area contributed by atoms with Crippen LogP contribution >= 0.6 is 0 Å². The lowest BCUT2D eigenvalue weighted by atomic mass is 9.74. The van der Waals surface area contributed by atoms with E-state index in [4.69, 9.17) is 33.2 Å². The number of esters is 2. The molecule has 1 aliphatic carbocycles. The Bertz CT molecular complexity index is 1130. The second kappa shape index (κ2) is 9.54. The van der Waals surface area contributed by atoms with E-state index >= 15 is 0 Å². The molecule has 9 nitrogen and oxygen atoms in total. The predicted octanol–water partition coefficient (Wildman–Crippen LogP) is 3.67. The fourth-order valence-electron chi connectivity index (χ4n) is 4.33. The van der Waals surface area contributed by atoms with E-state index in [0.29, 0.717) is 45.4 Å². The van der Waals surface area contributed by atoms with Gasteiger partial charge in [-0.3, -0.25) is 9.59 Å². The van der Waals surface area contributed by atoms with E-state index in [2.05, 4.69) is 0 Å². The summed E-state index contributed by atoms with van der Waals surface area (Å²) in [6, 6.07) is 7.13. The van der Waals surface area contributed by atoms with Crippen molar-refractivity contribution in [1.29, 1.82) is 0 Å². The van der Waals surface area contributed by atoms with Crippen molar-refractivity contribution in [3.05, 3.63) is 47.0 Å². The molecule has 1 heterocycles. The summed E-state index contributed by atoms with van der Waals surface area (Å²) in [4.78, 5) is 25.0. The standard InChI is InChI=1S/C25H26O9/c1-6-31-25(27)17-11-18(34-13(2)26)15-9-19-20(33-12-32-19)10-16(15)23(17)14-7-21(28-3)24(30-5)22(8-14)29-4/h7-11,17,23H,6,12H2,1-5H3. The van der Waals surface area contributed by atoms with Crippen molar-refractivity contribution >= 4 is 17.7 Å². The van der Waals surface area contributed by atoms with E-state index in [-0.39, 0.29) is 19.2 Å². The van der Waals surface area contributed by atoms with Crippen molar-refractivity contribution in [2.24, 2.45) is 5.92 Å². The van der Waals surface area contributed by atoms with E-state index < -0.39 is 23.8 Å². The van der Waals surface area contributed by atoms with Gasteiger partial charge < -0.3 is 33.2 Å². The van der Waals surface area contributed by atoms with Gasteiger partial charge in [-0.15, -0.1) is 0 Å². The van der Waals surface area contributed by atoms with Gasteiger partial charge in [0.25, 0.3) is 0 Å². The number of ether oxygens (including phenoxy) is 7. The molecule has 180 valence electrons. The molecule has 2 atom stereocenters. The van der Waals surface area contributed by atoms with Crippen molar-refractivity contribution in [2.45, 2.75) is 19.8 Å². The smallest absolute Gasteiger partial charge is 0.313 e. The lowest BCUT2D eigenvalue weighted by Crippen LogP contribution is -2.28. The van der Waals surface area contributed by atoms with Gasteiger partial charge >= 0.3 is 11.9 Å². The van der Waals surface area contributed by atoms with Crippen molar-refractivity contribution in [3.63, 3.8) is 0 Å². The summed E-state index contributed by atoms with van der Waals surface area (Å²) in [7, 11) is 4.57. The second-order valence-corrected chi connectivity index (χ2v) is 7.63. The Morgan fingerprint density at radius 3 is 2.18 bits per heavy atom. The molecular weight excluding hydrogens is 444 g/mol. The molecule has 0 saturated carbocycles. The highest BCUT2D eigenvalue weighted by Gasteiger charge is 2.40. The van der Waals surface area contributed by atoms with Gasteiger partial charge in [0.05, 0.1) is 33.9 Å². The first-order valence-electron chi connectivity index (χ1n) is 10.7. The third-order valence-corrected chi connectivity index (χ3v) is 5.69. The lowest BCUT2D eigenvalue weighted by Gasteiger charge is -2.32. The van der Waals surface area contributed by atoms with E-state index in [1.165, 1.54) is 28.3 Å². The first-order chi connectivity index (χ1) is 16.4. The minimum absolute atomic E-state index is 0.0704. The minimum atomic E-state index is -0.801. The molecule has 0 bridgehead atoms. The fraction of sp³-hybridized carbons (Fsp3) is 0.360. The van der Waals surface area contributed by atoms with Crippen LogP contribution in [0.5, 0.6) is 28.7 Å². The second-order valence-electron chi connectivity index (χ2n) is 7.63. The molecule has 0 N–H and O–H groups in total. The Kier molecular flexibility index (Phi) is 6.54. The van der Waals surface area contributed by atoms with Crippen molar-refractivity contribution in [1.82, 2.24) is 0 Å². The summed E-state index contributed by atoms with van der Waals surface area (Å²) in [5, 5.41) is 0. The van der Waals surface area contributed by atoms with Crippen LogP contribution in [0.1, 0.15) is 36.5 Å². The number of hydrogen-bond acceptors (Lipinski definition) is 9. The van der Waals surface area contributed by atoms with Gasteiger partial charge in [0, 0.05) is 18.4 Å². The van der Waals surface area contributed by atoms with Gasteiger partial charge in [0.15, 0.2) is 23.0 Å². The monoisotopic (exact) mass is 470 g/mol. The van der Waals surface area contributed by atoms with Crippen molar-refractivity contribution < 1.29 is 42.7 Å². The van der Waals surface area contributed by atoms with Crippen LogP contribution in [0.2, 0.25) is 0 Å². The molecule has 2 aromatic carbocycles. The molecule has 34 heavy (non-hydrogen) atoms. The Hall–Kier alpha value is -3.88. The van der Waals surface area contributed by atoms with Crippen LogP contribution in [0.15, 0.2) is 30.3 Å². The molecule has 0 aromatic heterocycles. The summed E-state index contributed by atoms with van der Waals surface area (Å²) >= 11 is 0. The summed E-state index contributed by atoms with van der Waals surface area (Å²) in [6.07, 6.45) is 1.61. The summed E-state index contributed by atoms with van der Waals surface area (Å²) in [5.74, 6) is 0.312. The van der Waals surface area contributed by atoms with Gasteiger partial charge in [0.1, 0.15) is 5.76 Å². The maximum Gasteiger partial charge on any atom is 0.313 e. The zero-order valence-electron chi connectivity index (χ0n) is 19.6. The number of hydrogen-bond donors (Lipinski definition) is 0. The van der Waals surface area contributed by atoms with Crippen LogP contribution in [0.4, 0.5) is 0 Å². The molecule has 4 rings (SSSR count). The van der Waals surface area contributed by atoms with Crippen LogP contribution in [0.3, 0.4) is 0 Å². The van der Waals surface area contributed by atoms with Crippen molar-refractivity contribution in [3.8, 4) is 28.7 Å². The minimum Gasteiger partial charge on any atom is -0.493 e. The van der Waals surface area contributed by atoms with Gasteiger partial charge in [-0.25, -0.2) is 0 Å². The number of fused-ring (bicyclic) bond motifs is 2. The zero-order chi connectivity index (χ0) is 24.4. The molecule has 9 heteroatoms. The van der Waals surface area contributed by atoms with E-state index in [9.17, 15) is 9.59 Å². The van der Waals surface area contributed by atoms with Gasteiger partial charge in [-0.1, -0.05) is 0 Å². The van der Waals surface area contributed by atoms with Crippen LogP contribution < -0.4 is 23.7 Å². The highest BCUT2D eigenvalue weighted by Crippen LogP contribution is 2.50. The first kappa shape index (κ1) is 23.3.